The molecule has 4 rings (SSSR count). The lowest BCUT2D eigenvalue weighted by Gasteiger charge is -2.30. The molecule has 2 atom stereocenters. The maximum atomic E-state index is 5.82. The van der Waals surface area contributed by atoms with Crippen molar-refractivity contribution in [2.45, 2.75) is 19.0 Å². The van der Waals surface area contributed by atoms with E-state index in [1.54, 1.807) is 0 Å². The zero-order valence-corrected chi connectivity index (χ0v) is 12.0. The summed E-state index contributed by atoms with van der Waals surface area (Å²) in [5, 5.41) is 11.4. The van der Waals surface area contributed by atoms with Crippen LogP contribution in [-0.4, -0.2) is 35.5 Å². The molecular formula is C16H20N4O. The third-order valence-electron chi connectivity index (χ3n) is 4.29. The van der Waals surface area contributed by atoms with Crippen LogP contribution in [-0.2, 0) is 13.0 Å². The van der Waals surface area contributed by atoms with Crippen LogP contribution in [0.15, 0.2) is 36.5 Å². The number of nitrogens with one attached hydrogen (secondary N) is 2. The first-order chi connectivity index (χ1) is 10.4. The van der Waals surface area contributed by atoms with E-state index in [9.17, 15) is 0 Å². The summed E-state index contributed by atoms with van der Waals surface area (Å²) in [5.41, 5.74) is 1.30. The number of anilines is 1. The van der Waals surface area contributed by atoms with Crippen LogP contribution in [0, 0.1) is 5.92 Å². The Morgan fingerprint density at radius 2 is 2.29 bits per heavy atom. The molecule has 21 heavy (non-hydrogen) atoms. The standard InChI is InChI=1S/C16H20N4O/c1-2-4-15-13(3-1)7-14(11-21-15)17-8-12-9-18-16-5-6-19-20(16)10-12/h1-6,12,14,17-18H,7-11H2/t12-,14+/m1/s1. The van der Waals surface area contributed by atoms with E-state index in [1.807, 2.05) is 23.0 Å². The minimum atomic E-state index is 0.402. The van der Waals surface area contributed by atoms with Crippen LogP contribution in [0.1, 0.15) is 5.56 Å². The molecular weight excluding hydrogens is 264 g/mol. The third kappa shape index (κ3) is 2.61. The minimum Gasteiger partial charge on any atom is -0.492 e. The molecule has 1 aromatic heterocycles. The van der Waals surface area contributed by atoms with Crippen molar-refractivity contribution >= 4 is 5.82 Å². The number of para-hydroxylation sites is 1. The van der Waals surface area contributed by atoms with Gasteiger partial charge < -0.3 is 15.4 Å². The Kier molecular flexibility index (Phi) is 3.27. The molecule has 5 nitrogen and oxygen atoms in total. The molecule has 5 heteroatoms. The highest BCUT2D eigenvalue weighted by molar-refractivity contribution is 5.36. The van der Waals surface area contributed by atoms with Crippen molar-refractivity contribution < 1.29 is 4.74 Å². The van der Waals surface area contributed by atoms with Gasteiger partial charge in [0, 0.05) is 37.7 Å². The van der Waals surface area contributed by atoms with Gasteiger partial charge in [-0.2, -0.15) is 5.10 Å². The van der Waals surface area contributed by atoms with E-state index in [1.165, 1.54) is 5.56 Å². The molecule has 1 aromatic carbocycles. The van der Waals surface area contributed by atoms with Gasteiger partial charge in [0.05, 0.1) is 6.20 Å². The summed E-state index contributed by atoms with van der Waals surface area (Å²) >= 11 is 0. The highest BCUT2D eigenvalue weighted by atomic mass is 16.5. The van der Waals surface area contributed by atoms with Crippen LogP contribution in [0.3, 0.4) is 0 Å². The molecule has 0 saturated heterocycles. The van der Waals surface area contributed by atoms with Gasteiger partial charge in [-0.05, 0) is 18.1 Å². The molecule has 0 unspecified atom stereocenters. The average Bonchev–Trinajstić information content (AvgIpc) is 3.00. The molecule has 2 N–H and O–H groups in total. The third-order valence-corrected chi connectivity index (χ3v) is 4.29. The lowest BCUT2D eigenvalue weighted by molar-refractivity contribution is 0.230. The van der Waals surface area contributed by atoms with Gasteiger partial charge in [0.1, 0.15) is 18.2 Å². The van der Waals surface area contributed by atoms with E-state index < -0.39 is 0 Å². The Morgan fingerprint density at radius 3 is 3.29 bits per heavy atom. The second-order valence-corrected chi connectivity index (χ2v) is 5.87. The van der Waals surface area contributed by atoms with Gasteiger partial charge in [-0.3, -0.25) is 0 Å². The van der Waals surface area contributed by atoms with Crippen molar-refractivity contribution in [1.29, 1.82) is 0 Å². The number of hydrogen-bond donors (Lipinski definition) is 2. The van der Waals surface area contributed by atoms with Crippen molar-refractivity contribution in [1.82, 2.24) is 15.1 Å². The monoisotopic (exact) mass is 284 g/mol. The molecule has 2 aliphatic rings. The molecule has 0 fully saturated rings. The summed E-state index contributed by atoms with van der Waals surface area (Å²) in [4.78, 5) is 0. The van der Waals surface area contributed by atoms with Crippen LogP contribution >= 0.6 is 0 Å². The van der Waals surface area contributed by atoms with Gasteiger partial charge in [0.2, 0.25) is 0 Å². The van der Waals surface area contributed by atoms with Crippen LogP contribution in [0.5, 0.6) is 5.75 Å². The van der Waals surface area contributed by atoms with Crippen molar-refractivity contribution in [3.63, 3.8) is 0 Å². The molecule has 0 aliphatic carbocycles. The van der Waals surface area contributed by atoms with Crippen molar-refractivity contribution in [3.05, 3.63) is 42.1 Å². The Morgan fingerprint density at radius 1 is 1.33 bits per heavy atom. The molecule has 0 amide bonds. The largest absolute Gasteiger partial charge is 0.492 e. The average molecular weight is 284 g/mol. The first kappa shape index (κ1) is 12.7. The lowest BCUT2D eigenvalue weighted by Crippen LogP contribution is -2.44. The van der Waals surface area contributed by atoms with E-state index in [0.717, 1.165) is 44.2 Å². The zero-order chi connectivity index (χ0) is 14.1. The maximum absolute atomic E-state index is 5.82. The number of benzene rings is 1. The van der Waals surface area contributed by atoms with E-state index >= 15 is 0 Å². The number of rotatable bonds is 3. The normalized spacial score (nSPS) is 23.6. The second-order valence-electron chi connectivity index (χ2n) is 5.87. The Labute approximate surface area is 124 Å². The quantitative estimate of drug-likeness (QED) is 0.897. The highest BCUT2D eigenvalue weighted by Crippen LogP contribution is 2.24. The van der Waals surface area contributed by atoms with Gasteiger partial charge in [0.15, 0.2) is 0 Å². The molecule has 110 valence electrons. The smallest absolute Gasteiger partial charge is 0.124 e. The van der Waals surface area contributed by atoms with E-state index in [4.69, 9.17) is 4.74 Å². The number of ether oxygens (including phenoxy) is 1. The molecule has 2 aliphatic heterocycles. The van der Waals surface area contributed by atoms with Gasteiger partial charge in [-0.15, -0.1) is 0 Å². The summed E-state index contributed by atoms with van der Waals surface area (Å²) in [6, 6.07) is 10.7. The molecule has 0 spiro atoms. The van der Waals surface area contributed by atoms with Crippen LogP contribution in [0.25, 0.3) is 0 Å². The van der Waals surface area contributed by atoms with Crippen LogP contribution in [0.2, 0.25) is 0 Å². The van der Waals surface area contributed by atoms with Crippen LogP contribution in [0.4, 0.5) is 5.82 Å². The van der Waals surface area contributed by atoms with E-state index in [2.05, 4.69) is 33.9 Å². The Hall–Kier alpha value is -2.01. The molecule has 2 aromatic rings. The Balaban J connectivity index is 1.32. The van der Waals surface area contributed by atoms with E-state index in [0.29, 0.717) is 12.0 Å². The fraction of sp³-hybridized carbons (Fsp3) is 0.438. The predicted octanol–water partition coefficient (Wildman–Crippen LogP) is 1.52. The number of fused-ring (bicyclic) bond motifs is 2. The zero-order valence-electron chi connectivity index (χ0n) is 12.0. The number of hydrogen-bond acceptors (Lipinski definition) is 4. The summed E-state index contributed by atoms with van der Waals surface area (Å²) in [6.07, 6.45) is 2.90. The minimum absolute atomic E-state index is 0.402. The first-order valence-electron chi connectivity index (χ1n) is 7.58. The lowest BCUT2D eigenvalue weighted by atomic mass is 10.0. The van der Waals surface area contributed by atoms with E-state index in [-0.39, 0.29) is 0 Å². The molecule has 0 radical (unpaired) electrons. The fourth-order valence-corrected chi connectivity index (χ4v) is 3.12. The van der Waals surface area contributed by atoms with Gasteiger partial charge >= 0.3 is 0 Å². The highest BCUT2D eigenvalue weighted by Gasteiger charge is 2.22. The summed E-state index contributed by atoms with van der Waals surface area (Å²) in [5.74, 6) is 2.73. The summed E-state index contributed by atoms with van der Waals surface area (Å²) < 4.78 is 7.87. The molecule has 0 bridgehead atoms. The SMILES string of the molecule is c1ccc2c(c1)C[C@H](NC[C@@H]1CNc3ccnn3C1)CO2. The van der Waals surface area contributed by atoms with Crippen molar-refractivity contribution in [2.24, 2.45) is 5.92 Å². The molecule has 0 saturated carbocycles. The number of aromatic nitrogens is 2. The first-order valence-corrected chi connectivity index (χ1v) is 7.58. The number of nitrogens with zero attached hydrogens (tertiary/aromatic N) is 2. The Bertz CT molecular complexity index is 624. The van der Waals surface area contributed by atoms with Gasteiger partial charge in [0.25, 0.3) is 0 Å². The predicted molar refractivity (Wildman–Crippen MR) is 81.6 cm³/mol. The van der Waals surface area contributed by atoms with Gasteiger partial charge in [-0.25, -0.2) is 4.68 Å². The fourth-order valence-electron chi connectivity index (χ4n) is 3.12. The van der Waals surface area contributed by atoms with Crippen LogP contribution < -0.4 is 15.4 Å². The maximum Gasteiger partial charge on any atom is 0.124 e. The summed E-state index contributed by atoms with van der Waals surface area (Å²) in [6.45, 7) is 3.72. The van der Waals surface area contributed by atoms with Crippen molar-refractivity contribution in [3.8, 4) is 5.75 Å². The van der Waals surface area contributed by atoms with Crippen molar-refractivity contribution in [2.75, 3.05) is 25.0 Å². The van der Waals surface area contributed by atoms with Gasteiger partial charge in [-0.1, -0.05) is 18.2 Å². The molecule has 3 heterocycles. The topological polar surface area (TPSA) is 51.1 Å². The summed E-state index contributed by atoms with van der Waals surface area (Å²) in [7, 11) is 0. The second kappa shape index (κ2) is 5.41.